The zero-order valence-electron chi connectivity index (χ0n) is 72.6. The lowest BCUT2D eigenvalue weighted by Gasteiger charge is -2.07. The summed E-state index contributed by atoms with van der Waals surface area (Å²) in [5, 5.41) is 11.9. The Labute approximate surface area is 736 Å². The highest BCUT2D eigenvalue weighted by Crippen LogP contribution is 2.18. The Bertz CT molecular complexity index is 6140. The lowest BCUT2D eigenvalue weighted by molar-refractivity contribution is 0.634. The number of hydrogen-bond acceptors (Lipinski definition) is 6. The summed E-state index contributed by atoms with van der Waals surface area (Å²) >= 11 is 0. The third kappa shape index (κ3) is 23.1. The summed E-state index contributed by atoms with van der Waals surface area (Å²) in [4.78, 5) is 87.1. The summed E-state index contributed by atoms with van der Waals surface area (Å²) < 4.78 is 10.7. The molecular formula is C114H102N6O6. The number of aromatic nitrogens is 6. The van der Waals surface area contributed by atoms with Gasteiger partial charge in [-0.2, -0.15) is 0 Å². The second-order valence-electron chi connectivity index (χ2n) is 31.0. The van der Waals surface area contributed by atoms with Crippen molar-refractivity contribution in [2.24, 2.45) is 0 Å². The first-order valence-electron chi connectivity index (χ1n) is 43.9. The minimum Gasteiger partial charge on any atom is -0.308 e. The van der Waals surface area contributed by atoms with Crippen molar-refractivity contribution in [1.29, 1.82) is 0 Å². The van der Waals surface area contributed by atoms with E-state index in [1.807, 2.05) is 218 Å². The Morgan fingerprint density at radius 1 is 0.167 bits per heavy atom. The molecule has 12 aromatic carbocycles. The molecule has 0 fully saturated rings. The van der Waals surface area contributed by atoms with Crippen LogP contribution in [0.2, 0.25) is 0 Å². The molecule has 12 nitrogen and oxygen atoms in total. The molecule has 0 saturated carbocycles. The maximum atomic E-state index is 14.5. The lowest BCUT2D eigenvalue weighted by atomic mass is 10.2. The molecule has 25 rings (SSSR count). The Morgan fingerprint density at radius 2 is 0.294 bits per heavy atom. The Balaban J connectivity index is 0.903. The molecule has 0 saturated heterocycles. The molecule has 18 bridgehead atoms. The Morgan fingerprint density at radius 3 is 0.413 bits per heavy atom. The predicted molar refractivity (Wildman–Crippen MR) is 523 cm³/mol. The highest BCUT2D eigenvalue weighted by Gasteiger charge is 2.09. The average Bonchev–Trinajstić information content (AvgIpc) is 0.804. The fraction of sp³-hybridized carbons (Fsp3) is 0.211. The van der Waals surface area contributed by atoms with Crippen LogP contribution in [0, 0.1) is 72.8 Å². The second-order valence-corrected chi connectivity index (χ2v) is 31.0. The fourth-order valence-electron chi connectivity index (χ4n) is 14.5. The van der Waals surface area contributed by atoms with Crippen molar-refractivity contribution in [3.8, 4) is 0 Å². The highest BCUT2D eigenvalue weighted by atomic mass is 16.2. The van der Waals surface area contributed by atoms with E-state index in [1.54, 1.807) is 100 Å². The molecule has 13 aromatic heterocycles. The van der Waals surface area contributed by atoms with Crippen molar-refractivity contribution >= 4 is 130 Å². The van der Waals surface area contributed by atoms with Gasteiger partial charge in [-0.1, -0.05) is 189 Å². The van der Waals surface area contributed by atoms with Crippen molar-refractivity contribution in [2.45, 2.75) is 158 Å². The van der Waals surface area contributed by atoms with Crippen molar-refractivity contribution in [1.82, 2.24) is 27.4 Å². The van der Waals surface area contributed by atoms with Gasteiger partial charge in [0.25, 0.3) is 33.4 Å². The molecule has 624 valence electrons. The van der Waals surface area contributed by atoms with E-state index in [0.717, 1.165) is 175 Å². The van der Waals surface area contributed by atoms with E-state index < -0.39 is 0 Å². The van der Waals surface area contributed by atoms with Gasteiger partial charge in [0, 0.05) is 169 Å². The molecular weight excluding hydrogens is 1550 g/mol. The van der Waals surface area contributed by atoms with Crippen LogP contribution in [0.4, 0.5) is 0 Å². The first-order chi connectivity index (χ1) is 61.7. The molecule has 0 spiro atoms. The molecule has 0 unspecified atom stereocenters. The van der Waals surface area contributed by atoms with E-state index in [9.17, 15) is 28.8 Å². The maximum absolute atomic E-state index is 14.5. The molecule has 0 atom stereocenters. The van der Waals surface area contributed by atoms with Crippen molar-refractivity contribution < 1.29 is 0 Å². The number of nitrogens with zero attached hydrogens (tertiary/aromatic N) is 6. The van der Waals surface area contributed by atoms with Crippen molar-refractivity contribution in [3.63, 3.8) is 0 Å². The summed E-state index contributed by atoms with van der Waals surface area (Å²) in [6.07, 6.45) is 10.0. The minimum absolute atomic E-state index is 0.175. The highest BCUT2D eigenvalue weighted by molar-refractivity contribution is 5.82. The molecule has 126 heavy (non-hydrogen) atoms. The third-order valence-electron chi connectivity index (χ3n) is 21.9. The molecule has 0 amide bonds. The maximum Gasteiger partial charge on any atom is 0.258 e. The summed E-state index contributed by atoms with van der Waals surface area (Å²) in [6, 6.07) is 130. The van der Waals surface area contributed by atoms with Gasteiger partial charge >= 0.3 is 0 Å². The van der Waals surface area contributed by atoms with Crippen LogP contribution in [-0.2, 0) is 39.3 Å². The van der Waals surface area contributed by atoms with Gasteiger partial charge in [0.05, 0.1) is 0 Å². The van der Waals surface area contributed by atoms with E-state index in [2.05, 4.69) is 114 Å². The van der Waals surface area contributed by atoms with Crippen LogP contribution < -0.4 is 33.4 Å². The van der Waals surface area contributed by atoms with Gasteiger partial charge in [-0.25, -0.2) is 0 Å². The SMILES string of the molecule is CCCCn1c(=O)c2ccc(cc2)c(=O)n(CCCC)c2ccc(c#cc3ccccc3c#cc3ccc(cc3)n(CCCC)c(=O)c3ccc(cc3)c(=O)n(CCCC)c3ccc(c#cc4ccccc4c#cc4ccc(cc4)n(CCCC)c(=O)c4ccc(cc4)c(=O)n(CCCC)c4ccc(c#cc5ccccc5c#cc5ccc1cc5)cc4)cc3)cc2. The zero-order valence-corrected chi connectivity index (χ0v) is 72.6. The summed E-state index contributed by atoms with van der Waals surface area (Å²) in [5.41, 5.74) is 3.35. The van der Waals surface area contributed by atoms with E-state index >= 15 is 0 Å². The van der Waals surface area contributed by atoms with Gasteiger partial charge in [0.1, 0.15) is 0 Å². The first kappa shape index (κ1) is 88.6. The Hall–Kier alpha value is -15.2. The standard InChI is InChI=1S/C114H102N6O6/c1-7-13-79-115-103-67-37-85(38-68-103)31-49-91-25-19-20-26-92(91)50-32-86-41-71-105(72-42-86)117(81-15-9-3)111(123)99-59-61-100(62-60-99)112(124)119(83-17-11-5)107-75-45-89(46-76-107)35-53-95-29-23-24-30-96(95)54-36-90-47-77-108(78-48-90)120(84-18-12-6)114(126)102-65-63-101(64-66-102)113(125)118(82-16-10-4)106-73-43-88(44-74-106)34-52-94-28-22-21-27-93(94)51-33-87-39-69-104(70-40-87)116(80-14-8-2)110(122)98-57-55-97(56-58-98)109(115)121/h19-30,37-48,55-78H,7-18,79-84H2,1-6H3. The topological polar surface area (TPSA) is 132 Å². The van der Waals surface area contributed by atoms with Crippen LogP contribution in [0.5, 0.6) is 0 Å². The van der Waals surface area contributed by atoms with Crippen LogP contribution in [-0.4, -0.2) is 27.4 Å². The van der Waals surface area contributed by atoms with E-state index in [-0.39, 0.29) is 33.4 Å². The van der Waals surface area contributed by atoms with E-state index in [1.165, 1.54) is 0 Å². The second kappa shape index (κ2) is 44.6. The smallest absolute Gasteiger partial charge is 0.258 e. The number of unbranched alkanes of at least 4 members (excludes halogenated alkanes) is 6. The van der Waals surface area contributed by atoms with Crippen LogP contribution >= 0.6 is 0 Å². The van der Waals surface area contributed by atoms with Crippen LogP contribution in [0.25, 0.3) is 130 Å². The number of fused-ring (bicyclic) bond motifs is 3. The number of hydrogen-bond donors (Lipinski definition) is 0. The van der Waals surface area contributed by atoms with Crippen LogP contribution in [0.1, 0.15) is 119 Å². The fourth-order valence-corrected chi connectivity index (χ4v) is 14.5. The van der Waals surface area contributed by atoms with Crippen LogP contribution in [0.15, 0.2) is 320 Å². The van der Waals surface area contributed by atoms with Crippen molar-refractivity contribution in [2.75, 3.05) is 0 Å². The predicted octanol–water partition coefficient (Wildman–Crippen LogP) is 24.7. The summed E-state index contributed by atoms with van der Waals surface area (Å²) in [6.45, 7) is 15.6. The number of rotatable bonds is 18. The van der Waals surface area contributed by atoms with Gasteiger partial charge in [0.2, 0.25) is 0 Å². The lowest BCUT2D eigenvalue weighted by Crippen LogP contribution is -2.20. The van der Waals surface area contributed by atoms with Gasteiger partial charge < -0.3 is 27.4 Å². The number of aryl methyl sites for hydroxylation is 6. The molecule has 0 radical (unpaired) electrons. The normalized spacial score (nSPS) is 10.5. The summed E-state index contributed by atoms with van der Waals surface area (Å²) in [5.74, 6) is 0. The molecule has 13 heterocycles. The first-order valence-corrected chi connectivity index (χ1v) is 43.9. The molecule has 0 N–H and O–H groups in total. The molecule has 0 aliphatic heterocycles. The third-order valence-corrected chi connectivity index (χ3v) is 21.9. The molecule has 12 heteroatoms. The van der Waals surface area contributed by atoms with Crippen LogP contribution in [0.3, 0.4) is 0 Å². The van der Waals surface area contributed by atoms with E-state index in [0.29, 0.717) is 71.6 Å². The Kier molecular flexibility index (Phi) is 31.3. The summed E-state index contributed by atoms with van der Waals surface area (Å²) in [7, 11) is 0. The minimum atomic E-state index is -0.175. The molecule has 0 aliphatic rings. The van der Waals surface area contributed by atoms with Crippen molar-refractivity contribution in [3.05, 3.63) is 426 Å². The van der Waals surface area contributed by atoms with Gasteiger partial charge in [-0.15, -0.1) is 0 Å². The van der Waals surface area contributed by atoms with Gasteiger partial charge in [0.15, 0.2) is 0 Å². The monoisotopic (exact) mass is 1650 g/mol. The van der Waals surface area contributed by atoms with E-state index in [4.69, 9.17) is 0 Å². The van der Waals surface area contributed by atoms with Gasteiger partial charge in [-0.05, 0) is 293 Å². The van der Waals surface area contributed by atoms with Gasteiger partial charge in [-0.3, -0.25) is 28.8 Å². The zero-order chi connectivity index (χ0) is 87.9. The largest absolute Gasteiger partial charge is 0.308 e. The average molecular weight is 1650 g/mol. The number of benzene rings is 12. The molecule has 0 aliphatic carbocycles. The quantitative estimate of drug-likeness (QED) is 0.0840. The molecule has 25 aromatic rings.